The Kier molecular flexibility index (Phi) is 7.69. The van der Waals surface area contributed by atoms with E-state index >= 15 is 0 Å². The monoisotopic (exact) mass is 482 g/mol. The molecule has 0 heterocycles. The summed E-state index contributed by atoms with van der Waals surface area (Å²) < 4.78 is 20.4. The van der Waals surface area contributed by atoms with Gasteiger partial charge in [0.1, 0.15) is 0 Å². The highest BCUT2D eigenvalue weighted by Crippen LogP contribution is 2.22. The van der Waals surface area contributed by atoms with Gasteiger partial charge in [0, 0.05) is 0 Å². The average molecular weight is 483 g/mol. The Morgan fingerprint density at radius 1 is 0.516 bits per heavy atom. The van der Waals surface area contributed by atoms with E-state index in [1.54, 1.807) is 0 Å². The maximum absolute atomic E-state index is 7.33. The highest BCUT2D eigenvalue weighted by Gasteiger charge is 2.49. The van der Waals surface area contributed by atoms with Crippen LogP contribution in [0.5, 0.6) is 0 Å². The maximum Gasteiger partial charge on any atom is 0.313 e. The van der Waals surface area contributed by atoms with Crippen LogP contribution in [0.1, 0.15) is 0 Å². The van der Waals surface area contributed by atoms with Gasteiger partial charge in [0.05, 0.1) is 0 Å². The molecule has 3 nitrogen and oxygen atoms in total. The van der Waals surface area contributed by atoms with Gasteiger partial charge in [0.25, 0.3) is 8.32 Å². The molecule has 3 aromatic carbocycles. The Labute approximate surface area is 192 Å². The van der Waals surface area contributed by atoms with Gasteiger partial charge in [-0.1, -0.05) is 91.0 Å². The predicted molar refractivity (Wildman–Crippen MR) is 141 cm³/mol. The molecule has 0 unspecified atom stereocenters. The molecule has 164 valence electrons. The van der Waals surface area contributed by atoms with Gasteiger partial charge < -0.3 is 12.3 Å². The maximum atomic E-state index is 7.33. The molecule has 0 aliphatic heterocycles. The molecule has 31 heavy (non-hydrogen) atoms. The Hall–Kier alpha value is -1.59. The summed E-state index contributed by atoms with van der Waals surface area (Å²) in [4.78, 5) is 0. The minimum Gasteiger partial charge on any atom is -0.440 e. The summed E-state index contributed by atoms with van der Waals surface area (Å²) in [7, 11) is -8.84. The molecule has 0 aliphatic rings. The second-order valence-electron chi connectivity index (χ2n) is 8.95. The van der Waals surface area contributed by atoms with Crippen LogP contribution in [0.25, 0.3) is 0 Å². The molecule has 0 bridgehead atoms. The van der Waals surface area contributed by atoms with Crippen molar-refractivity contribution in [1.82, 2.24) is 0 Å². The van der Waals surface area contributed by atoms with Crippen molar-refractivity contribution in [1.29, 1.82) is 0 Å². The summed E-state index contributed by atoms with van der Waals surface area (Å²) in [5.41, 5.74) is 0. The lowest BCUT2D eigenvalue weighted by Gasteiger charge is -2.42. The van der Waals surface area contributed by atoms with E-state index in [0.717, 1.165) is 0 Å². The van der Waals surface area contributed by atoms with Crippen LogP contribution in [0, 0.1) is 0 Å². The molecule has 0 saturated carbocycles. The predicted octanol–water partition coefficient (Wildman–Crippen LogP) is 4.09. The van der Waals surface area contributed by atoms with E-state index < -0.39 is 34.5 Å². The van der Waals surface area contributed by atoms with E-state index in [2.05, 4.69) is 130 Å². The van der Waals surface area contributed by atoms with Gasteiger partial charge in [0.15, 0.2) is 9.04 Å². The van der Waals surface area contributed by atoms with Gasteiger partial charge in [-0.3, -0.25) is 0 Å². The van der Waals surface area contributed by atoms with E-state index in [1.807, 2.05) is 0 Å². The number of rotatable bonds is 9. The summed E-state index contributed by atoms with van der Waals surface area (Å²) in [6, 6.07) is 32.1. The molecule has 0 aromatic heterocycles. The number of hydrogen-bond acceptors (Lipinski definition) is 3. The molecule has 0 spiro atoms. The molecular formula is C24H34O3Si4. The first-order chi connectivity index (χ1) is 14.6. The largest absolute Gasteiger partial charge is 0.440 e. The molecule has 0 saturated heterocycles. The molecule has 7 heteroatoms. The SMILES string of the molecule is C[SiH](C)O[Si](C)(C)O[Si](C)(C)O[Si](c1ccccc1)(c1ccccc1)c1ccccc1. The van der Waals surface area contributed by atoms with Crippen LogP contribution >= 0.6 is 0 Å². The minimum absolute atomic E-state index is 1.20. The first-order valence-corrected chi connectivity index (χ1v) is 21.2. The third kappa shape index (κ3) is 6.01. The molecule has 0 fully saturated rings. The van der Waals surface area contributed by atoms with Crippen LogP contribution in [0.3, 0.4) is 0 Å². The fraction of sp³-hybridized carbons (Fsp3) is 0.250. The summed E-state index contributed by atoms with van der Waals surface area (Å²) in [6.07, 6.45) is 0. The zero-order chi connectivity index (χ0) is 22.5. The lowest BCUT2D eigenvalue weighted by atomic mass is 10.3. The molecule has 0 aliphatic carbocycles. The summed E-state index contributed by atoms with van der Waals surface area (Å²) in [5.74, 6) is 0. The van der Waals surface area contributed by atoms with Crippen molar-refractivity contribution >= 4 is 50.0 Å². The molecule has 0 amide bonds. The van der Waals surface area contributed by atoms with Crippen molar-refractivity contribution in [2.75, 3.05) is 0 Å². The Bertz CT molecular complexity index is 852. The van der Waals surface area contributed by atoms with Crippen LogP contribution in [-0.2, 0) is 12.3 Å². The fourth-order valence-electron chi connectivity index (χ4n) is 4.27. The number of benzene rings is 3. The third-order valence-corrected chi connectivity index (χ3v) is 19.7. The van der Waals surface area contributed by atoms with E-state index in [9.17, 15) is 0 Å². The van der Waals surface area contributed by atoms with Crippen molar-refractivity contribution in [3.63, 3.8) is 0 Å². The summed E-state index contributed by atoms with van der Waals surface area (Å²) in [5, 5.41) is 3.70. The van der Waals surface area contributed by atoms with Crippen molar-refractivity contribution in [2.45, 2.75) is 39.3 Å². The highest BCUT2D eigenvalue weighted by atomic mass is 28.5. The van der Waals surface area contributed by atoms with Crippen molar-refractivity contribution < 1.29 is 12.3 Å². The minimum atomic E-state index is -2.78. The fourth-order valence-corrected chi connectivity index (χ4v) is 22.1. The molecule has 0 radical (unpaired) electrons. The van der Waals surface area contributed by atoms with E-state index in [4.69, 9.17) is 12.3 Å². The van der Waals surface area contributed by atoms with Crippen molar-refractivity contribution in [3.05, 3.63) is 91.0 Å². The lowest BCUT2D eigenvalue weighted by Crippen LogP contribution is -2.73. The standard InChI is InChI=1S/C24H34O3Si4/c1-28(2)25-29(3,4)26-30(5,6)27-31(22-16-10-7-11-17-22,23-18-12-8-13-19-23)24-20-14-9-15-21-24/h7-21,28H,1-6H3. The van der Waals surface area contributed by atoms with Gasteiger partial charge in [-0.2, -0.15) is 0 Å². The molecular weight excluding hydrogens is 449 g/mol. The third-order valence-electron chi connectivity index (χ3n) is 4.95. The average Bonchev–Trinajstić information content (AvgIpc) is 2.72. The number of hydrogen-bond donors (Lipinski definition) is 0. The first-order valence-electron chi connectivity index (χ1n) is 10.9. The van der Waals surface area contributed by atoms with Crippen LogP contribution in [0.2, 0.25) is 39.3 Å². The molecule has 3 aromatic rings. The second-order valence-corrected chi connectivity index (χ2v) is 22.3. The highest BCUT2D eigenvalue weighted by molar-refractivity contribution is 7.10. The van der Waals surface area contributed by atoms with Gasteiger partial charge in [-0.25, -0.2) is 0 Å². The van der Waals surface area contributed by atoms with Crippen LogP contribution in [0.15, 0.2) is 91.0 Å². The second kappa shape index (κ2) is 9.91. The quantitative estimate of drug-likeness (QED) is 0.340. The zero-order valence-electron chi connectivity index (χ0n) is 19.5. The Balaban J connectivity index is 2.16. The van der Waals surface area contributed by atoms with E-state index in [-0.39, 0.29) is 0 Å². The smallest absolute Gasteiger partial charge is 0.313 e. The molecule has 0 atom stereocenters. The van der Waals surface area contributed by atoms with Gasteiger partial charge >= 0.3 is 17.1 Å². The lowest BCUT2D eigenvalue weighted by molar-refractivity contribution is 0.339. The van der Waals surface area contributed by atoms with Crippen molar-refractivity contribution in [2.24, 2.45) is 0 Å². The summed E-state index contributed by atoms with van der Waals surface area (Å²) in [6.45, 7) is 13.0. The van der Waals surface area contributed by atoms with Crippen LogP contribution < -0.4 is 15.6 Å². The Morgan fingerprint density at radius 2 is 0.871 bits per heavy atom. The Morgan fingerprint density at radius 3 is 1.19 bits per heavy atom. The van der Waals surface area contributed by atoms with Gasteiger partial charge in [0.2, 0.25) is 0 Å². The zero-order valence-corrected chi connectivity index (χ0v) is 23.6. The first kappa shape index (κ1) is 24.1. The van der Waals surface area contributed by atoms with Crippen molar-refractivity contribution in [3.8, 4) is 0 Å². The molecule has 3 rings (SSSR count). The molecule has 0 N–H and O–H groups in total. The van der Waals surface area contributed by atoms with E-state index in [1.165, 1.54) is 15.6 Å². The normalized spacial score (nSPS) is 12.9. The van der Waals surface area contributed by atoms with Gasteiger partial charge in [-0.05, 0) is 54.8 Å². The van der Waals surface area contributed by atoms with Crippen LogP contribution in [-0.4, -0.2) is 34.5 Å². The van der Waals surface area contributed by atoms with Gasteiger partial charge in [-0.15, -0.1) is 0 Å². The summed E-state index contributed by atoms with van der Waals surface area (Å²) >= 11 is 0. The van der Waals surface area contributed by atoms with Crippen LogP contribution in [0.4, 0.5) is 0 Å². The van der Waals surface area contributed by atoms with E-state index in [0.29, 0.717) is 0 Å². The topological polar surface area (TPSA) is 27.7 Å².